The third-order valence-corrected chi connectivity index (χ3v) is 4.37. The molecule has 2 amide bonds. The molecule has 7 nitrogen and oxygen atoms in total. The number of carbonyl (C=O) groups excluding carboxylic acids is 3. The summed E-state index contributed by atoms with van der Waals surface area (Å²) in [5.41, 5.74) is 7.49. The maximum atomic E-state index is 12.1. The molecule has 7 heteroatoms. The first-order valence-electron chi connectivity index (χ1n) is 8.29. The van der Waals surface area contributed by atoms with Crippen LogP contribution in [0.2, 0.25) is 0 Å². The lowest BCUT2D eigenvalue weighted by Crippen LogP contribution is -2.45. The Morgan fingerprint density at radius 1 is 1.20 bits per heavy atom. The molecule has 1 aromatic rings. The molecule has 1 aliphatic rings. The Labute approximate surface area is 147 Å². The Morgan fingerprint density at radius 3 is 2.64 bits per heavy atom. The molecule has 25 heavy (non-hydrogen) atoms. The molecule has 2 N–H and O–H groups in total. The summed E-state index contributed by atoms with van der Waals surface area (Å²) in [6.07, 6.45) is 1.39. The first-order valence-corrected chi connectivity index (χ1v) is 8.29. The predicted molar refractivity (Wildman–Crippen MR) is 90.9 cm³/mol. The molecular weight excluding hydrogens is 324 g/mol. The Morgan fingerprint density at radius 2 is 1.96 bits per heavy atom. The standard InChI is InChI=1S/C18H24N2O5/c1-12-5-6-15(8-13(12)2)24-11-17(22)25-10-16(21)20-7-3-4-14(9-20)18(19)23/h5-6,8,14H,3-4,7,9-11H2,1-2H3,(H2,19,23)/t14-/m1/s1. The van der Waals surface area contributed by atoms with Crippen LogP contribution < -0.4 is 10.5 Å². The van der Waals surface area contributed by atoms with E-state index in [0.717, 1.165) is 11.1 Å². The van der Waals surface area contributed by atoms with E-state index in [0.29, 0.717) is 25.1 Å². The predicted octanol–water partition coefficient (Wildman–Crippen LogP) is 0.949. The maximum Gasteiger partial charge on any atom is 0.344 e. The molecule has 1 fully saturated rings. The lowest BCUT2D eigenvalue weighted by molar-refractivity contribution is -0.154. The van der Waals surface area contributed by atoms with Crippen molar-refractivity contribution in [3.8, 4) is 5.75 Å². The number of hydrogen-bond donors (Lipinski definition) is 1. The molecule has 2 rings (SSSR count). The van der Waals surface area contributed by atoms with Crippen molar-refractivity contribution in [1.82, 2.24) is 4.90 Å². The van der Waals surface area contributed by atoms with Gasteiger partial charge in [-0.1, -0.05) is 6.07 Å². The number of nitrogens with zero attached hydrogens (tertiary/aromatic N) is 1. The third kappa shape index (κ3) is 5.48. The van der Waals surface area contributed by atoms with E-state index in [2.05, 4.69) is 0 Å². The molecule has 0 bridgehead atoms. The number of esters is 1. The zero-order valence-electron chi connectivity index (χ0n) is 14.6. The van der Waals surface area contributed by atoms with Gasteiger partial charge in [-0.05, 0) is 49.9 Å². The molecule has 0 radical (unpaired) electrons. The Bertz CT molecular complexity index is 659. The van der Waals surface area contributed by atoms with Gasteiger partial charge in [-0.2, -0.15) is 0 Å². The van der Waals surface area contributed by atoms with Gasteiger partial charge in [0.2, 0.25) is 5.91 Å². The zero-order chi connectivity index (χ0) is 18.4. The van der Waals surface area contributed by atoms with Crippen LogP contribution in [0.15, 0.2) is 18.2 Å². The first kappa shape index (κ1) is 18.8. The van der Waals surface area contributed by atoms with Crippen molar-refractivity contribution >= 4 is 17.8 Å². The lowest BCUT2D eigenvalue weighted by atomic mass is 9.97. The Hall–Kier alpha value is -2.57. The van der Waals surface area contributed by atoms with E-state index in [1.807, 2.05) is 26.0 Å². The van der Waals surface area contributed by atoms with Gasteiger partial charge in [-0.3, -0.25) is 9.59 Å². The molecule has 1 saturated heterocycles. The van der Waals surface area contributed by atoms with Crippen molar-refractivity contribution in [1.29, 1.82) is 0 Å². The molecule has 0 aliphatic carbocycles. The van der Waals surface area contributed by atoms with Crippen LogP contribution in [0.4, 0.5) is 0 Å². The highest BCUT2D eigenvalue weighted by atomic mass is 16.6. The van der Waals surface area contributed by atoms with Crippen LogP contribution >= 0.6 is 0 Å². The van der Waals surface area contributed by atoms with Crippen LogP contribution in [0.1, 0.15) is 24.0 Å². The number of nitrogens with two attached hydrogens (primary N) is 1. The molecule has 0 unspecified atom stereocenters. The minimum atomic E-state index is -0.616. The van der Waals surface area contributed by atoms with Crippen molar-refractivity contribution in [2.45, 2.75) is 26.7 Å². The second-order valence-electron chi connectivity index (χ2n) is 6.28. The van der Waals surface area contributed by atoms with Gasteiger partial charge in [0.1, 0.15) is 5.75 Å². The van der Waals surface area contributed by atoms with E-state index < -0.39 is 11.9 Å². The van der Waals surface area contributed by atoms with Gasteiger partial charge in [-0.25, -0.2) is 4.79 Å². The summed E-state index contributed by atoms with van der Waals surface area (Å²) in [6, 6.07) is 5.52. The molecule has 0 spiro atoms. The van der Waals surface area contributed by atoms with Crippen molar-refractivity contribution in [3.63, 3.8) is 0 Å². The van der Waals surface area contributed by atoms with E-state index in [-0.39, 0.29) is 31.6 Å². The first-order chi connectivity index (χ1) is 11.9. The summed E-state index contributed by atoms with van der Waals surface area (Å²) >= 11 is 0. The van der Waals surface area contributed by atoms with Crippen molar-refractivity contribution in [2.24, 2.45) is 11.7 Å². The normalized spacial score (nSPS) is 17.0. The number of carbonyl (C=O) groups is 3. The Kier molecular flexibility index (Phi) is 6.38. The molecule has 1 heterocycles. The van der Waals surface area contributed by atoms with E-state index in [4.69, 9.17) is 15.2 Å². The van der Waals surface area contributed by atoms with Gasteiger partial charge in [0.05, 0.1) is 5.92 Å². The second-order valence-corrected chi connectivity index (χ2v) is 6.28. The summed E-state index contributed by atoms with van der Waals surface area (Å²) in [4.78, 5) is 36.6. The molecule has 1 atom stereocenters. The monoisotopic (exact) mass is 348 g/mol. The molecular formula is C18H24N2O5. The number of hydrogen-bond acceptors (Lipinski definition) is 5. The number of piperidine rings is 1. The van der Waals surface area contributed by atoms with Gasteiger partial charge in [0.15, 0.2) is 13.2 Å². The minimum Gasteiger partial charge on any atom is -0.482 e. The summed E-state index contributed by atoms with van der Waals surface area (Å²) in [6.45, 7) is 4.14. The third-order valence-electron chi connectivity index (χ3n) is 4.37. The summed E-state index contributed by atoms with van der Waals surface area (Å²) < 4.78 is 10.3. The molecule has 0 aromatic heterocycles. The summed E-state index contributed by atoms with van der Waals surface area (Å²) in [5, 5.41) is 0. The number of aryl methyl sites for hydroxylation is 2. The smallest absolute Gasteiger partial charge is 0.344 e. The van der Waals surface area contributed by atoms with Crippen LogP contribution in [0.5, 0.6) is 5.75 Å². The van der Waals surface area contributed by atoms with Gasteiger partial charge in [-0.15, -0.1) is 0 Å². The fraction of sp³-hybridized carbons (Fsp3) is 0.500. The van der Waals surface area contributed by atoms with Crippen molar-refractivity contribution in [2.75, 3.05) is 26.3 Å². The van der Waals surface area contributed by atoms with E-state index in [1.54, 1.807) is 6.07 Å². The van der Waals surface area contributed by atoms with Gasteiger partial charge in [0.25, 0.3) is 5.91 Å². The largest absolute Gasteiger partial charge is 0.482 e. The number of ether oxygens (including phenoxy) is 2. The molecule has 136 valence electrons. The minimum absolute atomic E-state index is 0.264. The number of likely N-dealkylation sites (tertiary alicyclic amines) is 1. The van der Waals surface area contributed by atoms with Gasteiger partial charge in [0, 0.05) is 13.1 Å². The van der Waals surface area contributed by atoms with Crippen LogP contribution in [0.25, 0.3) is 0 Å². The van der Waals surface area contributed by atoms with Crippen molar-refractivity contribution < 1.29 is 23.9 Å². The highest BCUT2D eigenvalue weighted by molar-refractivity contribution is 5.82. The SMILES string of the molecule is Cc1ccc(OCC(=O)OCC(=O)N2CCC[C@@H](C(N)=O)C2)cc1C. The summed E-state index contributed by atoms with van der Waals surface area (Å²) in [7, 11) is 0. The highest BCUT2D eigenvalue weighted by Crippen LogP contribution is 2.17. The number of primary amides is 1. The van der Waals surface area contributed by atoms with Gasteiger partial charge >= 0.3 is 5.97 Å². The van der Waals surface area contributed by atoms with Crippen LogP contribution in [0, 0.1) is 19.8 Å². The van der Waals surface area contributed by atoms with E-state index >= 15 is 0 Å². The average Bonchev–Trinajstić information content (AvgIpc) is 2.60. The van der Waals surface area contributed by atoms with E-state index in [9.17, 15) is 14.4 Å². The second kappa shape index (κ2) is 8.50. The average molecular weight is 348 g/mol. The maximum absolute atomic E-state index is 12.1. The van der Waals surface area contributed by atoms with Crippen LogP contribution in [-0.2, 0) is 19.1 Å². The molecule has 1 aliphatic heterocycles. The van der Waals surface area contributed by atoms with Crippen LogP contribution in [0.3, 0.4) is 0 Å². The number of benzene rings is 1. The van der Waals surface area contributed by atoms with Gasteiger partial charge < -0.3 is 20.1 Å². The summed E-state index contributed by atoms with van der Waals surface area (Å²) in [5.74, 6) is -1.11. The topological polar surface area (TPSA) is 98.9 Å². The Balaban J connectivity index is 1.74. The fourth-order valence-corrected chi connectivity index (χ4v) is 2.66. The quantitative estimate of drug-likeness (QED) is 0.772. The number of rotatable bonds is 6. The van der Waals surface area contributed by atoms with Crippen molar-refractivity contribution in [3.05, 3.63) is 29.3 Å². The number of amides is 2. The molecule has 1 aromatic carbocycles. The lowest BCUT2D eigenvalue weighted by Gasteiger charge is -2.31. The van der Waals surface area contributed by atoms with E-state index in [1.165, 1.54) is 4.90 Å². The molecule has 0 saturated carbocycles. The van der Waals surface area contributed by atoms with Crippen LogP contribution in [-0.4, -0.2) is 49.0 Å². The highest BCUT2D eigenvalue weighted by Gasteiger charge is 2.27. The fourth-order valence-electron chi connectivity index (χ4n) is 2.66. The zero-order valence-corrected chi connectivity index (χ0v) is 14.6.